The van der Waals surface area contributed by atoms with Crippen LogP contribution in [0.4, 0.5) is 0 Å². The summed E-state index contributed by atoms with van der Waals surface area (Å²) in [5, 5.41) is 0. The number of hydrogen-bond donors (Lipinski definition) is 0. The lowest BCUT2D eigenvalue weighted by atomic mass is 10.1. The number of hydrogen-bond acceptors (Lipinski definition) is 4. The van der Waals surface area contributed by atoms with E-state index < -0.39 is 5.97 Å². The summed E-state index contributed by atoms with van der Waals surface area (Å²) in [5.74, 6) is 0.205. The van der Waals surface area contributed by atoms with Crippen molar-refractivity contribution >= 4 is 56.9 Å². The fourth-order valence-electron chi connectivity index (χ4n) is 1.23. The third-order valence-electron chi connectivity index (χ3n) is 2.04. The maximum atomic E-state index is 11.3. The Morgan fingerprint density at radius 2 is 1.78 bits per heavy atom. The molecule has 0 radical (unpaired) electrons. The molecule has 4 nitrogen and oxygen atoms in total. The van der Waals surface area contributed by atoms with Crippen molar-refractivity contribution in [1.29, 1.82) is 0 Å². The normalized spacial score (nSPS) is 10.0. The fourth-order valence-corrected chi connectivity index (χ4v) is 3.31. The highest BCUT2D eigenvalue weighted by Gasteiger charge is 2.13. The van der Waals surface area contributed by atoms with E-state index in [-0.39, 0.29) is 12.4 Å². The van der Waals surface area contributed by atoms with Crippen molar-refractivity contribution in [2.75, 3.05) is 13.2 Å². The van der Waals surface area contributed by atoms with Gasteiger partial charge in [0.15, 0.2) is 12.4 Å². The molecule has 0 spiro atoms. The van der Waals surface area contributed by atoms with Gasteiger partial charge in [-0.05, 0) is 71.2 Å². The van der Waals surface area contributed by atoms with Crippen molar-refractivity contribution in [2.24, 2.45) is 0 Å². The third-order valence-corrected chi connectivity index (χ3v) is 3.65. The Morgan fingerprint density at radius 3 is 2.22 bits per heavy atom. The van der Waals surface area contributed by atoms with Gasteiger partial charge in [-0.3, -0.25) is 4.79 Å². The van der Waals surface area contributed by atoms with Crippen molar-refractivity contribution in [3.05, 3.63) is 24.8 Å². The zero-order chi connectivity index (χ0) is 13.7. The first-order chi connectivity index (χ1) is 8.45. The largest absolute Gasteiger partial charge is 0.480 e. The van der Waals surface area contributed by atoms with E-state index in [1.165, 1.54) is 6.92 Å². The van der Waals surface area contributed by atoms with Crippen LogP contribution in [0.1, 0.15) is 24.2 Å². The lowest BCUT2D eigenvalue weighted by Gasteiger charge is -2.11. The van der Waals surface area contributed by atoms with Gasteiger partial charge in [0.2, 0.25) is 0 Å². The standard InChI is InChI=1S/C12H12I2O4/c1-3-17-11(16)6-18-12-9(13)4-8(7(2)15)5-10(12)14/h4-5H,3,6H2,1-2H3. The molecular formula is C12H12I2O4. The summed E-state index contributed by atoms with van der Waals surface area (Å²) in [5.41, 5.74) is 0.632. The van der Waals surface area contributed by atoms with Gasteiger partial charge in [0.05, 0.1) is 13.7 Å². The molecule has 1 rings (SSSR count). The van der Waals surface area contributed by atoms with Gasteiger partial charge in [0, 0.05) is 5.56 Å². The fraction of sp³-hybridized carbons (Fsp3) is 0.333. The maximum Gasteiger partial charge on any atom is 0.344 e. The van der Waals surface area contributed by atoms with Crippen LogP contribution in [0.5, 0.6) is 5.75 Å². The number of halogens is 2. The highest BCUT2D eigenvalue weighted by atomic mass is 127. The second-order valence-corrected chi connectivity index (χ2v) is 5.74. The van der Waals surface area contributed by atoms with Crippen molar-refractivity contribution in [3.63, 3.8) is 0 Å². The van der Waals surface area contributed by atoms with Crippen LogP contribution in [0.2, 0.25) is 0 Å². The molecule has 0 aliphatic heterocycles. The van der Waals surface area contributed by atoms with Gasteiger partial charge in [-0.1, -0.05) is 0 Å². The Labute approximate surface area is 133 Å². The number of carbonyl (C=O) groups excluding carboxylic acids is 2. The molecule has 0 N–H and O–H groups in total. The summed E-state index contributed by atoms with van der Waals surface area (Å²) >= 11 is 4.16. The summed E-state index contributed by atoms with van der Waals surface area (Å²) in [7, 11) is 0. The molecule has 0 bridgehead atoms. The van der Waals surface area contributed by atoms with Gasteiger partial charge in [-0.15, -0.1) is 0 Å². The molecular weight excluding hydrogens is 462 g/mol. The molecule has 1 aromatic carbocycles. The van der Waals surface area contributed by atoms with Gasteiger partial charge in [0.1, 0.15) is 5.75 Å². The predicted molar refractivity (Wildman–Crippen MR) is 84.0 cm³/mol. The van der Waals surface area contributed by atoms with Gasteiger partial charge in [-0.25, -0.2) is 4.79 Å². The van der Waals surface area contributed by atoms with Crippen LogP contribution in [0.25, 0.3) is 0 Å². The van der Waals surface area contributed by atoms with Crippen LogP contribution in [0.15, 0.2) is 12.1 Å². The molecule has 1 aromatic rings. The number of ether oxygens (including phenoxy) is 2. The molecule has 0 amide bonds. The Bertz CT molecular complexity index is 448. The molecule has 0 aromatic heterocycles. The number of Topliss-reactive ketones (excluding diaryl/α,β-unsaturated/α-hetero) is 1. The number of esters is 1. The summed E-state index contributed by atoms with van der Waals surface area (Å²) in [6.45, 7) is 3.46. The average molecular weight is 474 g/mol. The predicted octanol–water partition coefficient (Wildman–Crippen LogP) is 3.04. The summed E-state index contributed by atoms with van der Waals surface area (Å²) in [6.07, 6.45) is 0. The van der Waals surface area contributed by atoms with E-state index in [0.717, 1.165) is 7.14 Å². The van der Waals surface area contributed by atoms with Gasteiger partial charge >= 0.3 is 5.97 Å². The van der Waals surface area contributed by atoms with E-state index in [2.05, 4.69) is 45.2 Å². The first-order valence-electron chi connectivity index (χ1n) is 5.24. The first-order valence-corrected chi connectivity index (χ1v) is 7.39. The van der Waals surface area contributed by atoms with Gasteiger partial charge in [0.25, 0.3) is 0 Å². The number of carbonyl (C=O) groups is 2. The molecule has 0 saturated carbocycles. The molecule has 0 aliphatic rings. The lowest BCUT2D eigenvalue weighted by Crippen LogP contribution is -2.15. The highest BCUT2D eigenvalue weighted by Crippen LogP contribution is 2.29. The second kappa shape index (κ2) is 7.27. The van der Waals surface area contributed by atoms with Crippen LogP contribution >= 0.6 is 45.2 Å². The van der Waals surface area contributed by atoms with Gasteiger partial charge in [-0.2, -0.15) is 0 Å². The van der Waals surface area contributed by atoms with Crippen LogP contribution in [-0.2, 0) is 9.53 Å². The summed E-state index contributed by atoms with van der Waals surface area (Å²) in [6, 6.07) is 3.48. The number of rotatable bonds is 5. The lowest BCUT2D eigenvalue weighted by molar-refractivity contribution is -0.145. The van der Waals surface area contributed by atoms with Crippen molar-refractivity contribution < 1.29 is 19.1 Å². The SMILES string of the molecule is CCOC(=O)COc1c(I)cc(C(C)=O)cc1I. The smallest absolute Gasteiger partial charge is 0.344 e. The van der Waals surface area contributed by atoms with E-state index in [0.29, 0.717) is 17.9 Å². The zero-order valence-corrected chi connectivity index (χ0v) is 14.3. The minimum Gasteiger partial charge on any atom is -0.480 e. The van der Waals surface area contributed by atoms with E-state index in [9.17, 15) is 9.59 Å². The van der Waals surface area contributed by atoms with Crippen LogP contribution in [0, 0.1) is 7.14 Å². The van der Waals surface area contributed by atoms with Crippen LogP contribution in [0.3, 0.4) is 0 Å². The first kappa shape index (κ1) is 15.7. The number of benzene rings is 1. The Morgan fingerprint density at radius 1 is 1.22 bits per heavy atom. The molecule has 0 saturated heterocycles. The van der Waals surface area contributed by atoms with E-state index >= 15 is 0 Å². The molecule has 6 heteroatoms. The molecule has 98 valence electrons. The quantitative estimate of drug-likeness (QED) is 0.375. The summed E-state index contributed by atoms with van der Waals surface area (Å²) in [4.78, 5) is 22.5. The van der Waals surface area contributed by atoms with E-state index in [1.807, 2.05) is 0 Å². The minimum absolute atomic E-state index is 0.00257. The molecule has 0 fully saturated rings. The Kier molecular flexibility index (Phi) is 6.33. The number of ketones is 1. The van der Waals surface area contributed by atoms with Crippen LogP contribution in [-0.4, -0.2) is 25.0 Å². The average Bonchev–Trinajstić information content (AvgIpc) is 2.27. The highest BCUT2D eigenvalue weighted by molar-refractivity contribution is 14.1. The van der Waals surface area contributed by atoms with Crippen molar-refractivity contribution in [2.45, 2.75) is 13.8 Å². The minimum atomic E-state index is -0.403. The molecule has 0 heterocycles. The van der Waals surface area contributed by atoms with E-state index in [4.69, 9.17) is 9.47 Å². The molecule has 0 aliphatic carbocycles. The third kappa shape index (κ3) is 4.38. The monoisotopic (exact) mass is 474 g/mol. The van der Waals surface area contributed by atoms with Crippen molar-refractivity contribution in [3.8, 4) is 5.75 Å². The molecule has 0 atom stereocenters. The van der Waals surface area contributed by atoms with Gasteiger partial charge < -0.3 is 9.47 Å². The Hall–Kier alpha value is -0.380. The second-order valence-electron chi connectivity index (χ2n) is 3.42. The molecule has 18 heavy (non-hydrogen) atoms. The van der Waals surface area contributed by atoms with Crippen molar-refractivity contribution in [1.82, 2.24) is 0 Å². The summed E-state index contributed by atoms with van der Waals surface area (Å²) < 4.78 is 11.8. The van der Waals surface area contributed by atoms with Crippen LogP contribution < -0.4 is 4.74 Å². The van der Waals surface area contributed by atoms with E-state index in [1.54, 1.807) is 19.1 Å². The molecule has 0 unspecified atom stereocenters. The Balaban J connectivity index is 2.84. The topological polar surface area (TPSA) is 52.6 Å². The maximum absolute atomic E-state index is 11.3. The zero-order valence-electron chi connectivity index (χ0n) is 9.96.